The fourth-order valence-corrected chi connectivity index (χ4v) is 5.24. The van der Waals surface area contributed by atoms with Crippen LogP contribution in [0.5, 0.6) is 11.5 Å². The Morgan fingerprint density at radius 2 is 1.62 bits per heavy atom. The van der Waals surface area contributed by atoms with Crippen LogP contribution < -0.4 is 14.9 Å². The Kier molecular flexibility index (Phi) is 6.94. The molecule has 3 aromatic carbocycles. The molecule has 1 aliphatic heterocycles. The van der Waals surface area contributed by atoms with Gasteiger partial charge in [-0.3, -0.25) is 10.0 Å². The standard InChI is InChI=1S/C24H23FN2O6S/c25-19-6-8-20(9-7-19)33-21-10-12-22(13-11-21)34(30,31)27-24(23(28)26-29)14-18(15-32-16-24)17-4-2-1-3-5-17/h1-13,18,27,29H,14-16H2,(H,26,28). The molecule has 10 heteroatoms. The molecule has 178 valence electrons. The highest BCUT2D eigenvalue weighted by molar-refractivity contribution is 7.89. The molecule has 1 heterocycles. The summed E-state index contributed by atoms with van der Waals surface area (Å²) in [7, 11) is -4.18. The van der Waals surface area contributed by atoms with Gasteiger partial charge in [-0.05, 0) is 60.5 Å². The summed E-state index contributed by atoms with van der Waals surface area (Å²) in [6, 6.07) is 20.2. The number of carbonyl (C=O) groups is 1. The number of rotatable bonds is 7. The molecule has 0 saturated carbocycles. The highest BCUT2D eigenvalue weighted by Crippen LogP contribution is 2.33. The van der Waals surface area contributed by atoms with Crippen molar-refractivity contribution in [2.24, 2.45) is 0 Å². The molecule has 2 unspecified atom stereocenters. The first-order valence-corrected chi connectivity index (χ1v) is 11.9. The van der Waals surface area contributed by atoms with Gasteiger partial charge in [0, 0.05) is 5.92 Å². The number of carbonyl (C=O) groups excluding carboxylic acids is 1. The number of hydrogen-bond donors (Lipinski definition) is 3. The van der Waals surface area contributed by atoms with Crippen LogP contribution in [0.3, 0.4) is 0 Å². The first kappa shape index (κ1) is 23.8. The van der Waals surface area contributed by atoms with Crippen LogP contribution in [-0.2, 0) is 19.6 Å². The summed E-state index contributed by atoms with van der Waals surface area (Å²) in [5.41, 5.74) is 0.744. The summed E-state index contributed by atoms with van der Waals surface area (Å²) < 4.78 is 53.0. The SMILES string of the molecule is O=C(NO)C1(NS(=O)(=O)c2ccc(Oc3ccc(F)cc3)cc2)COCC(c2ccccc2)C1. The van der Waals surface area contributed by atoms with Crippen LogP contribution in [0, 0.1) is 5.82 Å². The number of ether oxygens (including phenoxy) is 2. The Balaban J connectivity index is 1.55. The number of benzene rings is 3. The smallest absolute Gasteiger partial charge is 0.267 e. The van der Waals surface area contributed by atoms with E-state index in [0.717, 1.165) is 5.56 Å². The first-order valence-electron chi connectivity index (χ1n) is 10.5. The van der Waals surface area contributed by atoms with Gasteiger partial charge >= 0.3 is 0 Å². The molecule has 34 heavy (non-hydrogen) atoms. The van der Waals surface area contributed by atoms with E-state index in [0.29, 0.717) is 18.1 Å². The molecule has 3 N–H and O–H groups in total. The van der Waals surface area contributed by atoms with Crippen LogP contribution in [0.1, 0.15) is 17.9 Å². The zero-order valence-corrected chi connectivity index (χ0v) is 18.8. The lowest BCUT2D eigenvalue weighted by molar-refractivity contribution is -0.141. The molecule has 0 bridgehead atoms. The molecular weight excluding hydrogens is 463 g/mol. The first-order chi connectivity index (χ1) is 16.3. The predicted molar refractivity (Wildman–Crippen MR) is 121 cm³/mol. The molecule has 2 atom stereocenters. The third-order valence-corrected chi connectivity index (χ3v) is 7.13. The fraction of sp³-hybridized carbons (Fsp3) is 0.208. The van der Waals surface area contributed by atoms with Crippen LogP contribution in [0.15, 0.2) is 83.8 Å². The molecule has 1 aliphatic rings. The van der Waals surface area contributed by atoms with Crippen LogP contribution >= 0.6 is 0 Å². The van der Waals surface area contributed by atoms with Gasteiger partial charge in [0.1, 0.15) is 22.9 Å². The fourth-order valence-electron chi connectivity index (χ4n) is 3.88. The molecule has 0 radical (unpaired) electrons. The minimum Gasteiger partial charge on any atom is -0.457 e. The molecule has 0 aromatic heterocycles. The van der Waals surface area contributed by atoms with Gasteiger partial charge in [-0.2, -0.15) is 4.72 Å². The highest BCUT2D eigenvalue weighted by Gasteiger charge is 2.47. The van der Waals surface area contributed by atoms with E-state index in [9.17, 15) is 22.8 Å². The third kappa shape index (κ3) is 5.26. The summed E-state index contributed by atoms with van der Waals surface area (Å²) in [4.78, 5) is 12.5. The molecule has 8 nitrogen and oxygen atoms in total. The molecule has 0 aliphatic carbocycles. The molecule has 1 saturated heterocycles. The maximum Gasteiger partial charge on any atom is 0.267 e. The van der Waals surface area contributed by atoms with Crippen LogP contribution in [0.2, 0.25) is 0 Å². The van der Waals surface area contributed by atoms with Gasteiger partial charge in [0.05, 0.1) is 18.1 Å². The summed E-state index contributed by atoms with van der Waals surface area (Å²) in [5, 5.41) is 9.34. The average Bonchev–Trinajstić information content (AvgIpc) is 2.85. The normalized spacial score (nSPS) is 20.5. The van der Waals surface area contributed by atoms with Crippen molar-refractivity contribution in [3.63, 3.8) is 0 Å². The second-order valence-corrected chi connectivity index (χ2v) is 9.67. The van der Waals surface area contributed by atoms with Gasteiger partial charge in [0.2, 0.25) is 10.0 Å². The Labute approximate surface area is 196 Å². The number of nitrogens with one attached hydrogen (secondary N) is 2. The van der Waals surface area contributed by atoms with Gasteiger partial charge in [-0.25, -0.2) is 18.3 Å². The molecule has 3 aromatic rings. The zero-order valence-electron chi connectivity index (χ0n) is 18.0. The Morgan fingerprint density at radius 3 is 2.24 bits per heavy atom. The maximum atomic E-state index is 13.2. The van der Waals surface area contributed by atoms with E-state index >= 15 is 0 Å². The average molecular weight is 487 g/mol. The van der Waals surface area contributed by atoms with E-state index in [1.54, 1.807) is 5.48 Å². The summed E-state index contributed by atoms with van der Waals surface area (Å²) in [6.07, 6.45) is 0.0917. The van der Waals surface area contributed by atoms with Gasteiger partial charge in [0.25, 0.3) is 5.91 Å². The van der Waals surface area contributed by atoms with Crippen molar-refractivity contribution in [3.8, 4) is 11.5 Å². The van der Waals surface area contributed by atoms with Crippen molar-refractivity contribution in [1.82, 2.24) is 10.2 Å². The van der Waals surface area contributed by atoms with Crippen molar-refractivity contribution in [2.75, 3.05) is 13.2 Å². The molecular formula is C24H23FN2O6S. The zero-order chi connectivity index (χ0) is 24.2. The van der Waals surface area contributed by atoms with Crippen LogP contribution in [0.4, 0.5) is 4.39 Å². The number of amides is 1. The van der Waals surface area contributed by atoms with Crippen LogP contribution in [0.25, 0.3) is 0 Å². The van der Waals surface area contributed by atoms with Gasteiger partial charge < -0.3 is 9.47 Å². The number of sulfonamides is 1. The van der Waals surface area contributed by atoms with E-state index in [4.69, 9.17) is 9.47 Å². The van der Waals surface area contributed by atoms with Crippen molar-refractivity contribution in [3.05, 3.63) is 90.2 Å². The molecule has 0 spiro atoms. The number of halogens is 1. The number of hydrogen-bond acceptors (Lipinski definition) is 6. The van der Waals surface area contributed by atoms with E-state index in [-0.39, 0.29) is 23.8 Å². The lowest BCUT2D eigenvalue weighted by Crippen LogP contribution is -2.63. The second-order valence-electron chi connectivity index (χ2n) is 7.98. The molecule has 4 rings (SSSR count). The molecule has 1 fully saturated rings. The van der Waals surface area contributed by atoms with Crippen molar-refractivity contribution in [1.29, 1.82) is 0 Å². The lowest BCUT2D eigenvalue weighted by Gasteiger charge is -2.39. The van der Waals surface area contributed by atoms with E-state index in [1.807, 2.05) is 30.3 Å². The van der Waals surface area contributed by atoms with Crippen LogP contribution in [-0.4, -0.2) is 38.3 Å². The van der Waals surface area contributed by atoms with E-state index in [2.05, 4.69) is 4.72 Å². The third-order valence-electron chi connectivity index (χ3n) is 5.58. The van der Waals surface area contributed by atoms with Crippen molar-refractivity contribution in [2.45, 2.75) is 22.8 Å². The van der Waals surface area contributed by atoms with Gasteiger partial charge in [-0.15, -0.1) is 0 Å². The minimum atomic E-state index is -4.18. The van der Waals surface area contributed by atoms with E-state index < -0.39 is 27.3 Å². The Hall–Kier alpha value is -3.31. The van der Waals surface area contributed by atoms with Crippen molar-refractivity contribution >= 4 is 15.9 Å². The predicted octanol–water partition coefficient (Wildman–Crippen LogP) is 3.34. The largest absolute Gasteiger partial charge is 0.457 e. The second kappa shape index (κ2) is 9.90. The van der Waals surface area contributed by atoms with Gasteiger partial charge in [-0.1, -0.05) is 30.3 Å². The maximum absolute atomic E-state index is 13.2. The monoisotopic (exact) mass is 486 g/mol. The lowest BCUT2D eigenvalue weighted by atomic mass is 9.82. The summed E-state index contributed by atoms with van der Waals surface area (Å²) in [6.45, 7) is 0.0648. The summed E-state index contributed by atoms with van der Waals surface area (Å²) >= 11 is 0. The minimum absolute atomic E-state index is 0.0917. The topological polar surface area (TPSA) is 114 Å². The Morgan fingerprint density at radius 1 is 1.00 bits per heavy atom. The van der Waals surface area contributed by atoms with Crippen molar-refractivity contribution < 1.29 is 32.3 Å². The van der Waals surface area contributed by atoms with Gasteiger partial charge in [0.15, 0.2) is 0 Å². The molecule has 1 amide bonds. The summed E-state index contributed by atoms with van der Waals surface area (Å²) in [5.74, 6) is -0.838. The Bertz CT molecular complexity index is 1240. The quantitative estimate of drug-likeness (QED) is 0.349. The number of hydroxylamine groups is 1. The van der Waals surface area contributed by atoms with E-state index in [1.165, 1.54) is 48.5 Å². The highest BCUT2D eigenvalue weighted by atomic mass is 32.2.